The summed E-state index contributed by atoms with van der Waals surface area (Å²) in [6, 6.07) is 10.1. The molecule has 1 aromatic carbocycles. The summed E-state index contributed by atoms with van der Waals surface area (Å²) in [5.74, 6) is 1.63. The maximum atomic E-state index is 5.35. The Morgan fingerprint density at radius 1 is 0.947 bits per heavy atom. The molecule has 0 saturated carbocycles. The third kappa shape index (κ3) is 3.26. The molecule has 19 heavy (non-hydrogen) atoms. The number of ether oxygens (including phenoxy) is 2. The van der Waals surface area contributed by atoms with Crippen LogP contribution >= 0.6 is 24.0 Å². The van der Waals surface area contributed by atoms with Gasteiger partial charge in [-0.2, -0.15) is 0 Å². The molecular weight excluding hydrogens is 353 g/mol. The first-order valence-corrected chi connectivity index (χ1v) is 5.84. The highest BCUT2D eigenvalue weighted by Gasteiger charge is 2.11. The second kappa shape index (κ2) is 6.06. The molecule has 0 radical (unpaired) electrons. The van der Waals surface area contributed by atoms with E-state index in [-0.39, 0.29) is 24.0 Å². The molecule has 0 atom stereocenters. The summed E-state index contributed by atoms with van der Waals surface area (Å²) >= 11 is 0. The number of aromatic nitrogens is 1. The molecule has 2 aromatic rings. The van der Waals surface area contributed by atoms with Crippen molar-refractivity contribution in [2.75, 3.05) is 6.79 Å². The molecule has 1 aliphatic rings. The average molecular weight is 368 g/mol. The predicted molar refractivity (Wildman–Crippen MR) is 84.5 cm³/mol. The summed E-state index contributed by atoms with van der Waals surface area (Å²) in [5.41, 5.74) is 2.28. The molecule has 3 nitrogen and oxygen atoms in total. The maximum Gasteiger partial charge on any atom is 0.231 e. The molecule has 2 heterocycles. The van der Waals surface area contributed by atoms with Gasteiger partial charge in [-0.25, -0.2) is 4.57 Å². The van der Waals surface area contributed by atoms with Gasteiger partial charge in [-0.3, -0.25) is 0 Å². The van der Waals surface area contributed by atoms with Crippen molar-refractivity contribution in [1.82, 2.24) is 0 Å². The van der Waals surface area contributed by atoms with Crippen LogP contribution in [0, 0.1) is 0 Å². The Hall–Kier alpha value is -1.56. The lowest BCUT2D eigenvalue weighted by molar-refractivity contribution is -0.671. The van der Waals surface area contributed by atoms with Gasteiger partial charge in [-0.1, -0.05) is 18.2 Å². The zero-order valence-electron chi connectivity index (χ0n) is 10.6. The van der Waals surface area contributed by atoms with Gasteiger partial charge in [0.1, 0.15) is 7.05 Å². The number of nitrogens with zero attached hydrogens (tertiary/aromatic N) is 1. The van der Waals surface area contributed by atoms with Crippen LogP contribution in [0.4, 0.5) is 0 Å². The first kappa shape index (κ1) is 13.9. The predicted octanol–water partition coefficient (Wildman–Crippen LogP) is 3.03. The second-order valence-corrected chi connectivity index (χ2v) is 4.24. The molecule has 98 valence electrons. The van der Waals surface area contributed by atoms with E-state index in [0.717, 1.165) is 17.1 Å². The Kier molecular flexibility index (Phi) is 4.42. The highest BCUT2D eigenvalue weighted by atomic mass is 127. The van der Waals surface area contributed by atoms with E-state index >= 15 is 0 Å². The zero-order valence-corrected chi connectivity index (χ0v) is 12.9. The van der Waals surface area contributed by atoms with Crippen LogP contribution in [0.3, 0.4) is 0 Å². The third-order valence-electron chi connectivity index (χ3n) is 2.87. The number of halogens is 1. The van der Waals surface area contributed by atoms with E-state index < -0.39 is 0 Å². The molecular formula is C15H15INO2+. The molecule has 4 heteroatoms. The fourth-order valence-electron chi connectivity index (χ4n) is 1.83. The summed E-state index contributed by atoms with van der Waals surface area (Å²) in [6.07, 6.45) is 8.20. The van der Waals surface area contributed by atoms with Gasteiger partial charge in [0, 0.05) is 12.1 Å². The topological polar surface area (TPSA) is 22.3 Å². The molecule has 0 bridgehead atoms. The molecule has 1 aliphatic heterocycles. The number of pyridine rings is 1. The van der Waals surface area contributed by atoms with Gasteiger partial charge in [0.15, 0.2) is 23.9 Å². The second-order valence-electron chi connectivity index (χ2n) is 4.24. The van der Waals surface area contributed by atoms with Crippen LogP contribution in [0.1, 0.15) is 11.1 Å². The first-order valence-electron chi connectivity index (χ1n) is 5.84. The summed E-state index contributed by atoms with van der Waals surface area (Å²) in [6.45, 7) is 0.317. The van der Waals surface area contributed by atoms with Crippen molar-refractivity contribution in [3.8, 4) is 11.5 Å². The fraction of sp³-hybridized carbons (Fsp3) is 0.133. The minimum absolute atomic E-state index is 0. The Labute approximate surface area is 129 Å². The van der Waals surface area contributed by atoms with Crippen molar-refractivity contribution in [3.63, 3.8) is 0 Å². The van der Waals surface area contributed by atoms with Crippen molar-refractivity contribution in [2.24, 2.45) is 7.05 Å². The number of hydrogen-bond donors (Lipinski definition) is 0. The maximum absolute atomic E-state index is 5.35. The van der Waals surface area contributed by atoms with Crippen LogP contribution in [0.5, 0.6) is 11.5 Å². The van der Waals surface area contributed by atoms with Crippen molar-refractivity contribution in [3.05, 3.63) is 53.9 Å². The van der Waals surface area contributed by atoms with Gasteiger partial charge in [0.05, 0.1) is 0 Å². The van der Waals surface area contributed by atoms with E-state index in [1.54, 1.807) is 0 Å². The normalized spacial score (nSPS) is 12.5. The Morgan fingerprint density at radius 3 is 2.42 bits per heavy atom. The molecule has 0 fully saturated rings. The van der Waals surface area contributed by atoms with E-state index in [0.29, 0.717) is 6.79 Å². The minimum Gasteiger partial charge on any atom is -0.454 e. The molecule has 3 rings (SSSR count). The smallest absolute Gasteiger partial charge is 0.231 e. The van der Waals surface area contributed by atoms with Crippen LogP contribution in [-0.4, -0.2) is 6.79 Å². The largest absolute Gasteiger partial charge is 0.454 e. The van der Waals surface area contributed by atoms with Crippen molar-refractivity contribution < 1.29 is 14.0 Å². The molecule has 0 N–H and O–H groups in total. The van der Waals surface area contributed by atoms with Crippen LogP contribution in [0.25, 0.3) is 12.2 Å². The number of fused-ring (bicyclic) bond motifs is 1. The SMILES string of the molecule is C[n+]1ccc(/C=C/c2ccc3c(c2)OCO3)cc1.I. The summed E-state index contributed by atoms with van der Waals surface area (Å²) in [4.78, 5) is 0. The fourth-order valence-corrected chi connectivity index (χ4v) is 1.83. The molecule has 0 aliphatic carbocycles. The van der Waals surface area contributed by atoms with Gasteiger partial charge in [-0.05, 0) is 23.3 Å². The highest BCUT2D eigenvalue weighted by molar-refractivity contribution is 14.0. The van der Waals surface area contributed by atoms with Crippen molar-refractivity contribution in [1.29, 1.82) is 0 Å². The molecule has 0 saturated heterocycles. The standard InChI is InChI=1S/C15H14NO2.HI/c1-16-8-6-12(7-9-16)2-3-13-4-5-14-15(10-13)18-11-17-14;/h2-10H,11H2,1H3;1H/q+1;/b3-2+;. The number of benzene rings is 1. The Bertz CT molecular complexity index is 594. The van der Waals surface area contributed by atoms with Gasteiger partial charge < -0.3 is 9.47 Å². The number of hydrogen-bond acceptors (Lipinski definition) is 2. The molecule has 0 amide bonds. The summed E-state index contributed by atoms with van der Waals surface area (Å²) in [7, 11) is 2.01. The van der Waals surface area contributed by atoms with Crippen LogP contribution < -0.4 is 14.0 Å². The molecule has 0 spiro atoms. The average Bonchev–Trinajstić information content (AvgIpc) is 2.85. The van der Waals surface area contributed by atoms with Gasteiger partial charge >= 0.3 is 0 Å². The summed E-state index contributed by atoms with van der Waals surface area (Å²) in [5, 5.41) is 0. The molecule has 1 aromatic heterocycles. The van der Waals surface area contributed by atoms with Gasteiger partial charge in [0.25, 0.3) is 0 Å². The van der Waals surface area contributed by atoms with E-state index in [2.05, 4.69) is 24.3 Å². The minimum atomic E-state index is 0. The lowest BCUT2D eigenvalue weighted by atomic mass is 10.1. The quantitative estimate of drug-likeness (QED) is 0.601. The van der Waals surface area contributed by atoms with Crippen LogP contribution in [0.2, 0.25) is 0 Å². The zero-order chi connectivity index (χ0) is 12.4. The molecule has 0 unspecified atom stereocenters. The van der Waals surface area contributed by atoms with Crippen molar-refractivity contribution >= 4 is 36.1 Å². The van der Waals surface area contributed by atoms with Crippen molar-refractivity contribution in [2.45, 2.75) is 0 Å². The number of rotatable bonds is 2. The van der Waals surface area contributed by atoms with Crippen LogP contribution in [-0.2, 0) is 7.05 Å². The highest BCUT2D eigenvalue weighted by Crippen LogP contribution is 2.32. The van der Waals surface area contributed by atoms with E-state index in [1.165, 1.54) is 5.56 Å². The van der Waals surface area contributed by atoms with Gasteiger partial charge in [-0.15, -0.1) is 24.0 Å². The summed E-state index contributed by atoms with van der Waals surface area (Å²) < 4.78 is 12.6. The Morgan fingerprint density at radius 2 is 1.63 bits per heavy atom. The number of aryl methyl sites for hydroxylation is 1. The van der Waals surface area contributed by atoms with E-state index in [4.69, 9.17) is 9.47 Å². The van der Waals surface area contributed by atoms with Crippen LogP contribution in [0.15, 0.2) is 42.7 Å². The first-order chi connectivity index (χ1) is 8.81. The van der Waals surface area contributed by atoms with Gasteiger partial charge in [0.2, 0.25) is 6.79 Å². The Balaban J connectivity index is 0.00000133. The lowest BCUT2D eigenvalue weighted by Gasteiger charge is -1.97. The van der Waals surface area contributed by atoms with E-state index in [9.17, 15) is 0 Å². The monoisotopic (exact) mass is 368 g/mol. The van der Waals surface area contributed by atoms with E-state index in [1.807, 2.05) is 42.2 Å². The lowest BCUT2D eigenvalue weighted by Crippen LogP contribution is -2.25. The third-order valence-corrected chi connectivity index (χ3v) is 2.87.